The highest BCUT2D eigenvalue weighted by molar-refractivity contribution is 9.09. The van der Waals surface area contributed by atoms with Crippen LogP contribution in [0.2, 0.25) is 0 Å². The van der Waals surface area contributed by atoms with E-state index in [9.17, 15) is 31.5 Å². The molecule has 9 rings (SSSR count). The summed E-state index contributed by atoms with van der Waals surface area (Å²) in [7, 11) is -5.36. The highest BCUT2D eigenvalue weighted by atomic mass is 79.9. The molecule has 2 saturated carbocycles. The van der Waals surface area contributed by atoms with Crippen LogP contribution in [0.5, 0.6) is 0 Å². The first-order valence-corrected chi connectivity index (χ1v) is 52.1. The van der Waals surface area contributed by atoms with Crippen molar-refractivity contribution in [1.82, 2.24) is 24.5 Å². The average Bonchev–Trinajstić information content (AvgIpc) is 0.859. The van der Waals surface area contributed by atoms with Crippen LogP contribution in [0.3, 0.4) is 0 Å². The van der Waals surface area contributed by atoms with Crippen LogP contribution in [0, 0.1) is 91.7 Å². The van der Waals surface area contributed by atoms with Gasteiger partial charge in [0.15, 0.2) is 9.84 Å². The van der Waals surface area contributed by atoms with E-state index in [2.05, 4.69) is 227 Å². The molecular weight excluding hydrogens is 1580 g/mol. The number of ether oxygens (including phenoxy) is 2. The van der Waals surface area contributed by atoms with Crippen molar-refractivity contribution in [3.05, 3.63) is 0 Å². The second-order valence-corrected chi connectivity index (χ2v) is 52.9. The molecule has 0 aromatic heterocycles. The second kappa shape index (κ2) is 57.8. The number of carbonyl (C=O) groups excluding carboxylic acids is 2. The molecule has 0 radical (unpaired) electrons. The van der Waals surface area contributed by atoms with E-state index < -0.39 is 25.3 Å². The standard InChI is InChI=1S/C15H28N2O2.C11H21Br.C11H22N2O.C9H19NO2S.C9H18O2S.2C9H18O.C8H17NS.C8H18O.C6H14O/c1-13(2)11-14-3-5-17(6-4-14)15(18)12-16-7-9-19-10-8-16;1-11(2,3)8-9-4-6-10(12)7-5-9;1-11(2,3)8-13-5-4-9(7-12)6-10(13)14;1-9(2,3)8-10-4-6-13(11,12)7-5-10;1-8(2)7-9-3-5-12(10,11)6-4-9;1-9(2,3)6-7-4-8(10)5-7;2*1-8(2)7-9-3-5-10-6-4-9;1-7(2,3)6-8(4,5)9;1-6(2,3)4-5-7/h13-14H,3-12H2,1-2H3;9-10H,4-8H2,1-3H3;9H,4-8,12H2,1-3H3;4-8H2,1-3H3;8-9H,3-7H2,1-2H3;7-8,10H,4-6H2,1-3H3;8-9H,3-7H2,1-2H3;8H,3-7H2,1-2H3;9H,6H2,1-5H3;7H,4-5H2,1-3H3. The topological polar surface area (TPSA) is 224 Å². The molecule has 0 bridgehead atoms. The second-order valence-electron chi connectivity index (χ2n) is 45.7. The van der Waals surface area contributed by atoms with Crippen molar-refractivity contribution in [2.75, 3.05) is 159 Å². The Balaban J connectivity index is 0.00000128. The first kappa shape index (κ1) is 115. The number of likely N-dealkylation sites (tertiary alicyclic amines) is 2. The van der Waals surface area contributed by atoms with E-state index >= 15 is 0 Å². The van der Waals surface area contributed by atoms with Crippen molar-refractivity contribution < 1.29 is 51.2 Å². The van der Waals surface area contributed by atoms with Gasteiger partial charge in [-0.1, -0.05) is 196 Å². The molecule has 2 aliphatic carbocycles. The van der Waals surface area contributed by atoms with E-state index in [0.717, 1.165) is 163 Å². The molecule has 694 valence electrons. The lowest BCUT2D eigenvalue weighted by molar-refractivity contribution is -0.136. The van der Waals surface area contributed by atoms with E-state index in [-0.39, 0.29) is 28.3 Å². The number of thioether (sulfide) groups is 1. The van der Waals surface area contributed by atoms with Gasteiger partial charge in [0.05, 0.1) is 54.5 Å². The summed E-state index contributed by atoms with van der Waals surface area (Å²) in [6.07, 6.45) is 24.5. The number of nitrogens with two attached hydrogens (primary N) is 1. The number of nitrogens with zero attached hydrogens (tertiary/aromatic N) is 5. The Morgan fingerprint density at radius 2 is 0.914 bits per heavy atom. The minimum absolute atomic E-state index is 0.0207. The van der Waals surface area contributed by atoms with Gasteiger partial charge in [-0.2, -0.15) is 11.8 Å². The summed E-state index contributed by atoms with van der Waals surface area (Å²) in [6, 6.07) is 0. The Morgan fingerprint density at radius 1 is 0.483 bits per heavy atom. The third-order valence-corrected chi connectivity index (χ3v) is 27.1. The molecule has 7 aliphatic heterocycles. The molecular formula is C95H193BrN6O11S3. The van der Waals surface area contributed by atoms with E-state index in [1.807, 2.05) is 18.7 Å². The van der Waals surface area contributed by atoms with Crippen molar-refractivity contribution in [2.45, 2.75) is 345 Å². The van der Waals surface area contributed by atoms with Crippen molar-refractivity contribution in [1.29, 1.82) is 0 Å². The van der Waals surface area contributed by atoms with Crippen molar-refractivity contribution in [3.8, 4) is 0 Å². The number of piperidine rings is 2. The SMILES string of the molecule is CC(C)(C)CC(C)(C)O.CC(C)(C)CC1CC(O)C1.CC(C)(C)CC1CCC(Br)CC1.CC(C)(C)CCO.CC(C)(C)CN1CCC(CN)CC1=O.CC(C)(C)CN1CCS(=O)(=O)CC1.CC(C)CC1CCN(C(=O)CN2CCOCC2)CC1.CC(C)CC1CCOCC1.CC(C)CC1CCS(=O)(=O)CC1.CC(C)CN1CCSCC1. The number of amides is 2. The molecule has 7 heterocycles. The predicted molar refractivity (Wildman–Crippen MR) is 504 cm³/mol. The number of aliphatic hydroxyl groups excluding tert-OH is 2. The van der Waals surface area contributed by atoms with E-state index in [1.165, 1.54) is 115 Å². The van der Waals surface area contributed by atoms with Gasteiger partial charge in [-0.05, 0) is 240 Å². The summed E-state index contributed by atoms with van der Waals surface area (Å²) in [6.45, 7) is 78.3. The third kappa shape index (κ3) is 68.6. The average molecular weight is 1770 g/mol. The monoisotopic (exact) mass is 1770 g/mol. The molecule has 17 nitrogen and oxygen atoms in total. The summed E-state index contributed by atoms with van der Waals surface area (Å²) < 4.78 is 55.0. The van der Waals surface area contributed by atoms with Gasteiger partial charge >= 0.3 is 0 Å². The van der Waals surface area contributed by atoms with Gasteiger partial charge < -0.3 is 50.1 Å². The minimum atomic E-state index is -2.71. The maximum absolute atomic E-state index is 12.2. The van der Waals surface area contributed by atoms with Crippen LogP contribution in [0.1, 0.15) is 329 Å². The quantitative estimate of drug-likeness (QED) is 0.0994. The Labute approximate surface area is 731 Å². The summed E-state index contributed by atoms with van der Waals surface area (Å²) in [4.78, 5) is 35.8. The zero-order valence-electron chi connectivity index (χ0n) is 81.0. The fourth-order valence-corrected chi connectivity index (χ4v) is 21.3. The van der Waals surface area contributed by atoms with Crippen LogP contribution in [0.4, 0.5) is 0 Å². The van der Waals surface area contributed by atoms with Gasteiger partial charge in [-0.15, -0.1) is 0 Å². The fraction of sp³-hybridized carbons (Fsp3) is 0.979. The highest BCUT2D eigenvalue weighted by Crippen LogP contribution is 2.38. The van der Waals surface area contributed by atoms with Crippen molar-refractivity contribution >= 4 is 59.2 Å². The summed E-state index contributed by atoms with van der Waals surface area (Å²) in [5.74, 6) is 12.6. The number of rotatable bonds is 17. The van der Waals surface area contributed by atoms with Crippen LogP contribution in [0.15, 0.2) is 0 Å². The van der Waals surface area contributed by atoms with Gasteiger partial charge in [-0.3, -0.25) is 14.5 Å². The Kier molecular flexibility index (Phi) is 57.5. The maximum Gasteiger partial charge on any atom is 0.236 e. The third-order valence-electron chi connectivity index (χ3n) is 22.0. The first-order chi connectivity index (χ1) is 53.1. The van der Waals surface area contributed by atoms with Gasteiger partial charge in [0.2, 0.25) is 11.8 Å². The summed E-state index contributed by atoms with van der Waals surface area (Å²) >= 11 is 5.78. The minimum Gasteiger partial charge on any atom is -0.396 e. The predicted octanol–water partition coefficient (Wildman–Crippen LogP) is 19.8. The molecule has 2 amide bonds. The number of hydrogen-bond acceptors (Lipinski definition) is 16. The Hall–Kier alpha value is -0.690. The zero-order chi connectivity index (χ0) is 89.1. The van der Waals surface area contributed by atoms with Crippen molar-refractivity contribution in [2.24, 2.45) is 97.4 Å². The van der Waals surface area contributed by atoms with Gasteiger partial charge in [0, 0.05) is 121 Å². The fourth-order valence-electron chi connectivity index (χ4n) is 16.9. The molecule has 21 heteroatoms. The smallest absolute Gasteiger partial charge is 0.236 e. The van der Waals surface area contributed by atoms with E-state index in [1.54, 1.807) is 0 Å². The van der Waals surface area contributed by atoms with Gasteiger partial charge in [0.25, 0.3) is 0 Å². The molecule has 1 unspecified atom stereocenters. The van der Waals surface area contributed by atoms with Crippen LogP contribution >= 0.6 is 27.7 Å². The molecule has 9 fully saturated rings. The molecule has 1 atom stereocenters. The van der Waals surface area contributed by atoms with Crippen LogP contribution in [-0.4, -0.2) is 244 Å². The van der Waals surface area contributed by atoms with Gasteiger partial charge in [-0.25, -0.2) is 16.8 Å². The number of halogens is 1. The number of carbonyl (C=O) groups is 2. The lowest BCUT2D eigenvalue weighted by Gasteiger charge is -2.35. The van der Waals surface area contributed by atoms with Crippen LogP contribution in [-0.2, 0) is 38.7 Å². The molecule has 7 saturated heterocycles. The van der Waals surface area contributed by atoms with E-state index in [0.29, 0.717) is 102 Å². The van der Waals surface area contributed by atoms with Crippen molar-refractivity contribution in [3.63, 3.8) is 0 Å². The largest absolute Gasteiger partial charge is 0.396 e. The lowest BCUT2D eigenvalue weighted by Crippen LogP contribution is -2.47. The number of hydrogen-bond donors (Lipinski definition) is 4. The Morgan fingerprint density at radius 3 is 1.28 bits per heavy atom. The summed E-state index contributed by atoms with van der Waals surface area (Å²) in [5, 5.41) is 26.8. The maximum atomic E-state index is 12.2. The lowest BCUT2D eigenvalue weighted by atomic mass is 9.73. The van der Waals surface area contributed by atoms with E-state index in [4.69, 9.17) is 25.4 Å². The Bertz CT molecular complexity index is 2640. The number of alkyl halides is 1. The molecule has 9 aliphatic rings. The molecule has 0 spiro atoms. The van der Waals surface area contributed by atoms with Gasteiger partial charge in [0.1, 0.15) is 9.84 Å². The number of morpholine rings is 1. The molecule has 116 heavy (non-hydrogen) atoms. The highest BCUT2D eigenvalue weighted by Gasteiger charge is 2.33. The number of sulfone groups is 2. The zero-order valence-corrected chi connectivity index (χ0v) is 85.0. The summed E-state index contributed by atoms with van der Waals surface area (Å²) in [5.41, 5.74) is 7.03. The normalized spacial score (nSPS) is 23.8. The molecule has 5 N–H and O–H groups in total. The molecule has 0 aromatic carbocycles. The van der Waals surface area contributed by atoms with Crippen LogP contribution < -0.4 is 5.73 Å². The first-order valence-electron chi connectivity index (χ1n) is 46.4. The molecule has 0 aromatic rings. The number of aliphatic hydroxyl groups is 3. The van der Waals surface area contributed by atoms with Crippen LogP contribution in [0.25, 0.3) is 0 Å².